The average molecular weight is 333 g/mol. The number of amides is 1. The van der Waals surface area contributed by atoms with Gasteiger partial charge < -0.3 is 4.90 Å². The van der Waals surface area contributed by atoms with Crippen LogP contribution >= 0.6 is 0 Å². The summed E-state index contributed by atoms with van der Waals surface area (Å²) in [6.07, 6.45) is 3.20. The maximum absolute atomic E-state index is 13.0. The summed E-state index contributed by atoms with van der Waals surface area (Å²) >= 11 is 0. The third kappa shape index (κ3) is 2.82. The van der Waals surface area contributed by atoms with Crippen molar-refractivity contribution in [1.82, 2.24) is 9.55 Å². The van der Waals surface area contributed by atoms with Gasteiger partial charge in [0.15, 0.2) is 0 Å². The lowest BCUT2D eigenvalue weighted by Crippen LogP contribution is -2.39. The number of hydrogen-bond donors (Lipinski definition) is 0. The quantitative estimate of drug-likeness (QED) is 0.724. The molecule has 0 atom stereocenters. The molecule has 1 aliphatic heterocycles. The molecule has 0 N–H and O–H groups in total. The van der Waals surface area contributed by atoms with Crippen molar-refractivity contribution < 1.29 is 4.79 Å². The van der Waals surface area contributed by atoms with E-state index < -0.39 is 0 Å². The third-order valence-electron chi connectivity index (χ3n) is 4.70. The van der Waals surface area contributed by atoms with Crippen molar-refractivity contribution >= 4 is 22.6 Å². The summed E-state index contributed by atoms with van der Waals surface area (Å²) < 4.78 is 1.51. The molecule has 0 aliphatic carbocycles. The molecule has 0 spiro atoms. The highest BCUT2D eigenvalue weighted by Gasteiger charge is 2.23. The summed E-state index contributed by atoms with van der Waals surface area (Å²) in [6, 6.07) is 13.6. The summed E-state index contributed by atoms with van der Waals surface area (Å²) in [5.74, 6) is -0.0664. The van der Waals surface area contributed by atoms with Gasteiger partial charge >= 0.3 is 0 Å². The number of rotatable bonds is 2. The number of para-hydroxylation sites is 2. The van der Waals surface area contributed by atoms with E-state index in [1.165, 1.54) is 21.9 Å². The van der Waals surface area contributed by atoms with E-state index >= 15 is 0 Å². The smallest absolute Gasteiger partial charge is 0.269 e. The minimum atomic E-state index is -0.256. The number of nitrogens with zero attached hydrogens (tertiary/aromatic N) is 3. The first-order chi connectivity index (χ1) is 12.1. The highest BCUT2D eigenvalue weighted by molar-refractivity contribution is 5.95. The molecule has 2 aromatic carbocycles. The van der Waals surface area contributed by atoms with Crippen molar-refractivity contribution in [3.8, 4) is 0 Å². The van der Waals surface area contributed by atoms with Crippen LogP contribution in [0.4, 0.5) is 5.69 Å². The lowest BCUT2D eigenvalue weighted by Gasteiger charge is -2.30. The summed E-state index contributed by atoms with van der Waals surface area (Å²) in [5.41, 5.74) is 4.51. The van der Waals surface area contributed by atoms with Gasteiger partial charge in [0.1, 0.15) is 6.54 Å². The monoisotopic (exact) mass is 333 g/mol. The number of carbonyl (C=O) groups is 1. The van der Waals surface area contributed by atoms with Gasteiger partial charge in [-0.2, -0.15) is 0 Å². The van der Waals surface area contributed by atoms with Gasteiger partial charge in [0.2, 0.25) is 5.91 Å². The van der Waals surface area contributed by atoms with E-state index in [0.717, 1.165) is 18.5 Å². The van der Waals surface area contributed by atoms with Crippen molar-refractivity contribution in [1.29, 1.82) is 0 Å². The fourth-order valence-corrected chi connectivity index (χ4v) is 3.48. The van der Waals surface area contributed by atoms with Crippen LogP contribution in [-0.4, -0.2) is 22.0 Å². The second-order valence-electron chi connectivity index (χ2n) is 6.45. The zero-order valence-electron chi connectivity index (χ0n) is 14.1. The van der Waals surface area contributed by atoms with Crippen molar-refractivity contribution in [3.05, 3.63) is 70.1 Å². The molecule has 0 unspecified atom stereocenters. The summed E-state index contributed by atoms with van der Waals surface area (Å²) in [4.78, 5) is 31.2. The Bertz CT molecular complexity index is 1020. The Kier molecular flexibility index (Phi) is 3.84. The zero-order chi connectivity index (χ0) is 17.4. The largest absolute Gasteiger partial charge is 0.311 e. The van der Waals surface area contributed by atoms with Crippen molar-refractivity contribution in [2.45, 2.75) is 26.3 Å². The van der Waals surface area contributed by atoms with E-state index in [2.05, 4.69) is 18.0 Å². The predicted octanol–water partition coefficient (Wildman–Crippen LogP) is 2.68. The lowest BCUT2D eigenvalue weighted by molar-refractivity contribution is -0.119. The average Bonchev–Trinajstić information content (AvgIpc) is 2.63. The Morgan fingerprint density at radius 1 is 1.20 bits per heavy atom. The van der Waals surface area contributed by atoms with Crippen LogP contribution in [0.25, 0.3) is 11.0 Å². The molecule has 0 fully saturated rings. The predicted molar refractivity (Wildman–Crippen MR) is 97.9 cm³/mol. The van der Waals surface area contributed by atoms with Crippen LogP contribution in [0.1, 0.15) is 17.5 Å². The molecule has 0 bridgehead atoms. The fraction of sp³-hybridized carbons (Fsp3) is 0.250. The fourth-order valence-electron chi connectivity index (χ4n) is 3.48. The molecule has 1 aromatic heterocycles. The second kappa shape index (κ2) is 6.16. The Labute approximate surface area is 145 Å². The molecule has 2 heterocycles. The molecular formula is C20H19N3O2. The van der Waals surface area contributed by atoms with Crippen LogP contribution in [-0.2, 0) is 17.8 Å². The molecule has 5 nitrogen and oxygen atoms in total. The van der Waals surface area contributed by atoms with Gasteiger partial charge in [-0.1, -0.05) is 29.8 Å². The SMILES string of the molecule is Cc1ccc2c(c1)CCCN2C(=O)Cn1c(=O)cnc2ccccc21. The van der Waals surface area contributed by atoms with Gasteiger partial charge in [0.05, 0.1) is 17.2 Å². The van der Waals surface area contributed by atoms with Crippen molar-refractivity contribution in [2.75, 3.05) is 11.4 Å². The van der Waals surface area contributed by atoms with Gasteiger partial charge in [0, 0.05) is 12.2 Å². The second-order valence-corrected chi connectivity index (χ2v) is 6.45. The molecule has 0 radical (unpaired) electrons. The van der Waals surface area contributed by atoms with Crippen LogP contribution in [0.15, 0.2) is 53.5 Å². The highest BCUT2D eigenvalue weighted by atomic mass is 16.2. The molecule has 5 heteroatoms. The molecule has 25 heavy (non-hydrogen) atoms. The van der Waals surface area contributed by atoms with Crippen molar-refractivity contribution in [2.24, 2.45) is 0 Å². The molecular weight excluding hydrogens is 314 g/mol. The van der Waals surface area contributed by atoms with Gasteiger partial charge in [-0.15, -0.1) is 0 Å². The minimum Gasteiger partial charge on any atom is -0.311 e. The molecule has 0 saturated carbocycles. The van der Waals surface area contributed by atoms with Gasteiger partial charge in [-0.05, 0) is 43.5 Å². The minimum absolute atomic E-state index is 0.0230. The molecule has 1 aliphatic rings. The first kappa shape index (κ1) is 15.6. The van der Waals surface area contributed by atoms with Crippen LogP contribution in [0.3, 0.4) is 0 Å². The molecule has 0 saturated heterocycles. The van der Waals surface area contributed by atoms with Gasteiger partial charge in [-0.3, -0.25) is 14.2 Å². The number of aromatic nitrogens is 2. The Balaban J connectivity index is 1.71. The van der Waals surface area contributed by atoms with E-state index in [9.17, 15) is 9.59 Å². The van der Waals surface area contributed by atoms with Crippen LogP contribution in [0.2, 0.25) is 0 Å². The Morgan fingerprint density at radius 2 is 2.04 bits per heavy atom. The number of hydrogen-bond acceptors (Lipinski definition) is 3. The number of anilines is 1. The van der Waals surface area contributed by atoms with Gasteiger partial charge in [-0.25, -0.2) is 4.98 Å². The normalized spacial score (nSPS) is 13.7. The summed E-state index contributed by atoms with van der Waals surface area (Å²) in [5, 5.41) is 0. The van der Waals surface area contributed by atoms with E-state index in [1.54, 1.807) is 4.90 Å². The molecule has 4 rings (SSSR count). The standard InChI is InChI=1S/C20H19N3O2/c1-14-8-9-17-15(11-14)5-4-10-22(17)20(25)13-23-18-7-3-2-6-16(18)21-12-19(23)24/h2-3,6-9,11-12H,4-5,10,13H2,1H3. The third-order valence-corrected chi connectivity index (χ3v) is 4.70. The van der Waals surface area contributed by atoms with E-state index in [1.807, 2.05) is 36.4 Å². The summed E-state index contributed by atoms with van der Waals surface area (Å²) in [7, 11) is 0. The summed E-state index contributed by atoms with van der Waals surface area (Å²) in [6.45, 7) is 2.77. The molecule has 1 amide bonds. The first-order valence-corrected chi connectivity index (χ1v) is 8.48. The zero-order valence-corrected chi connectivity index (χ0v) is 14.1. The maximum atomic E-state index is 13.0. The first-order valence-electron chi connectivity index (χ1n) is 8.48. The Morgan fingerprint density at radius 3 is 2.92 bits per heavy atom. The van der Waals surface area contributed by atoms with Gasteiger partial charge in [0.25, 0.3) is 5.56 Å². The lowest BCUT2D eigenvalue weighted by atomic mass is 9.99. The molecule has 3 aromatic rings. The maximum Gasteiger partial charge on any atom is 0.269 e. The highest BCUT2D eigenvalue weighted by Crippen LogP contribution is 2.28. The van der Waals surface area contributed by atoms with Crippen LogP contribution in [0, 0.1) is 6.92 Å². The van der Waals surface area contributed by atoms with Crippen LogP contribution in [0.5, 0.6) is 0 Å². The van der Waals surface area contributed by atoms with Crippen molar-refractivity contribution in [3.63, 3.8) is 0 Å². The van der Waals surface area contributed by atoms with E-state index in [-0.39, 0.29) is 18.0 Å². The van der Waals surface area contributed by atoms with E-state index in [4.69, 9.17) is 0 Å². The topological polar surface area (TPSA) is 55.2 Å². The number of aryl methyl sites for hydroxylation is 2. The van der Waals surface area contributed by atoms with Crippen LogP contribution < -0.4 is 10.5 Å². The molecule has 126 valence electrons. The number of fused-ring (bicyclic) bond motifs is 2. The number of carbonyl (C=O) groups excluding carboxylic acids is 1. The Hall–Kier alpha value is -2.95. The van der Waals surface area contributed by atoms with E-state index in [0.29, 0.717) is 17.6 Å². The number of benzene rings is 2.